The molecule has 1 saturated heterocycles. The van der Waals surface area contributed by atoms with Crippen molar-refractivity contribution in [2.75, 3.05) is 24.7 Å². The van der Waals surface area contributed by atoms with Crippen molar-refractivity contribution in [1.29, 1.82) is 0 Å². The van der Waals surface area contributed by atoms with Crippen LogP contribution >= 0.6 is 0 Å². The minimum absolute atomic E-state index is 0.177. The highest BCUT2D eigenvalue weighted by Crippen LogP contribution is 2.33. The first-order valence-electron chi connectivity index (χ1n) is 5.95. The summed E-state index contributed by atoms with van der Waals surface area (Å²) in [6.45, 7) is -1.14. The Balaban J connectivity index is 2.26. The number of amides is 1. The third-order valence-corrected chi connectivity index (χ3v) is 4.09. The van der Waals surface area contributed by atoms with Gasteiger partial charge < -0.3 is 9.64 Å². The maximum atomic E-state index is 13.0. The Morgan fingerprint density at radius 1 is 1.35 bits per heavy atom. The van der Waals surface area contributed by atoms with Crippen LogP contribution in [-0.4, -0.2) is 39.4 Å². The fourth-order valence-electron chi connectivity index (χ4n) is 2.05. The molecule has 20 heavy (non-hydrogen) atoms. The Bertz CT molecular complexity index is 605. The van der Waals surface area contributed by atoms with Crippen LogP contribution in [0.5, 0.6) is 5.75 Å². The second kappa shape index (κ2) is 5.74. The minimum atomic E-state index is -4.77. The van der Waals surface area contributed by atoms with Gasteiger partial charge >= 0.3 is 10.2 Å². The molecule has 0 N–H and O–H groups in total. The number of halogens is 2. The molecule has 1 amide bonds. The number of alkyl halides is 1. The van der Waals surface area contributed by atoms with E-state index in [1.807, 2.05) is 0 Å². The highest BCUT2D eigenvalue weighted by Gasteiger charge is 2.39. The summed E-state index contributed by atoms with van der Waals surface area (Å²) >= 11 is 0. The minimum Gasteiger partial charge on any atom is -0.489 e. The first-order valence-corrected chi connectivity index (χ1v) is 7.40. The molecule has 0 aromatic heterocycles. The molecule has 1 fully saturated rings. The number of carbonyl (C=O) groups excluding carboxylic acids is 1. The second-order valence-corrected chi connectivity index (χ2v) is 5.93. The van der Waals surface area contributed by atoms with E-state index in [1.54, 1.807) is 18.2 Å². The molecule has 0 saturated carbocycles. The van der Waals surface area contributed by atoms with Crippen molar-refractivity contribution in [1.82, 2.24) is 0 Å². The monoisotopic (exact) mass is 305 g/mol. The Kier molecular flexibility index (Phi) is 4.22. The lowest BCUT2D eigenvalue weighted by atomic mass is 10.2. The van der Waals surface area contributed by atoms with Gasteiger partial charge in [0.15, 0.2) is 0 Å². The van der Waals surface area contributed by atoms with E-state index in [0.717, 1.165) is 4.90 Å². The van der Waals surface area contributed by atoms with Gasteiger partial charge in [-0.3, -0.25) is 4.79 Å². The number of para-hydroxylation sites is 2. The van der Waals surface area contributed by atoms with Crippen LogP contribution in [-0.2, 0) is 15.0 Å². The van der Waals surface area contributed by atoms with Crippen molar-refractivity contribution in [2.45, 2.75) is 11.7 Å². The molecule has 1 unspecified atom stereocenters. The summed E-state index contributed by atoms with van der Waals surface area (Å²) in [5.74, 6) is -0.247. The largest absolute Gasteiger partial charge is 0.489 e. The van der Waals surface area contributed by atoms with E-state index in [4.69, 9.17) is 4.74 Å². The van der Waals surface area contributed by atoms with Gasteiger partial charge in [0, 0.05) is 13.0 Å². The standard InChI is InChI=1S/C12H13F2NO4S/c13-5-6-19-11-4-2-1-3-10(11)15-8-9(7-12(15)16)20(14,17)18/h1-4,9H,5-8H2. The molecule has 0 aliphatic carbocycles. The third-order valence-electron chi connectivity index (χ3n) is 2.98. The van der Waals surface area contributed by atoms with Crippen LogP contribution in [0, 0.1) is 0 Å². The molecule has 0 radical (unpaired) electrons. The topological polar surface area (TPSA) is 63.7 Å². The number of hydrogen-bond donors (Lipinski definition) is 0. The lowest BCUT2D eigenvalue weighted by Gasteiger charge is -2.19. The summed E-state index contributed by atoms with van der Waals surface area (Å²) in [5, 5.41) is -1.37. The molecule has 110 valence electrons. The van der Waals surface area contributed by atoms with Gasteiger partial charge in [0.2, 0.25) is 5.91 Å². The number of rotatable bonds is 5. The lowest BCUT2D eigenvalue weighted by Crippen LogP contribution is -2.27. The molecule has 1 aliphatic heterocycles. The Hall–Kier alpha value is -1.70. The zero-order valence-electron chi connectivity index (χ0n) is 10.5. The smallest absolute Gasteiger partial charge is 0.307 e. The molecule has 2 rings (SSSR count). The average molecular weight is 305 g/mol. The van der Waals surface area contributed by atoms with Crippen molar-refractivity contribution < 1.29 is 26.2 Å². The van der Waals surface area contributed by atoms with Gasteiger partial charge in [-0.25, -0.2) is 4.39 Å². The van der Waals surface area contributed by atoms with Crippen LogP contribution in [0.3, 0.4) is 0 Å². The van der Waals surface area contributed by atoms with Crippen LogP contribution in [0.25, 0.3) is 0 Å². The van der Waals surface area contributed by atoms with E-state index in [1.165, 1.54) is 6.07 Å². The fourth-order valence-corrected chi connectivity index (χ4v) is 2.72. The predicted molar refractivity (Wildman–Crippen MR) is 68.7 cm³/mol. The Labute approximate surface area is 115 Å². The van der Waals surface area contributed by atoms with Gasteiger partial charge in [-0.15, -0.1) is 3.89 Å². The summed E-state index contributed by atoms with van der Waals surface area (Å²) in [7, 11) is -4.77. The van der Waals surface area contributed by atoms with Crippen LogP contribution < -0.4 is 9.64 Å². The molecule has 1 aromatic rings. The van der Waals surface area contributed by atoms with E-state index in [0.29, 0.717) is 5.69 Å². The van der Waals surface area contributed by atoms with Crippen LogP contribution in [0.1, 0.15) is 6.42 Å². The molecule has 0 bridgehead atoms. The number of ether oxygens (including phenoxy) is 1. The van der Waals surface area contributed by atoms with E-state index in [9.17, 15) is 21.5 Å². The number of benzene rings is 1. The summed E-state index contributed by atoms with van der Waals surface area (Å²) in [6, 6.07) is 6.34. The van der Waals surface area contributed by atoms with Gasteiger partial charge in [-0.05, 0) is 12.1 Å². The maximum Gasteiger partial charge on any atom is 0.307 e. The van der Waals surface area contributed by atoms with Gasteiger partial charge in [-0.2, -0.15) is 8.42 Å². The molecular formula is C12H13F2NO4S. The number of nitrogens with zero attached hydrogens (tertiary/aromatic N) is 1. The molecule has 1 aliphatic rings. The number of carbonyl (C=O) groups is 1. The van der Waals surface area contributed by atoms with Gasteiger partial charge in [-0.1, -0.05) is 12.1 Å². The summed E-state index contributed by atoms with van der Waals surface area (Å²) < 4.78 is 52.0. The Morgan fingerprint density at radius 2 is 2.05 bits per heavy atom. The van der Waals surface area contributed by atoms with E-state index < -0.39 is 34.5 Å². The van der Waals surface area contributed by atoms with Crippen molar-refractivity contribution in [3.8, 4) is 5.75 Å². The van der Waals surface area contributed by atoms with Gasteiger partial charge in [0.05, 0.1) is 5.69 Å². The zero-order valence-corrected chi connectivity index (χ0v) is 11.3. The van der Waals surface area contributed by atoms with Crippen molar-refractivity contribution >= 4 is 21.8 Å². The fraction of sp³-hybridized carbons (Fsp3) is 0.417. The first kappa shape index (κ1) is 14.7. The quantitative estimate of drug-likeness (QED) is 0.772. The molecule has 0 spiro atoms. The highest BCUT2D eigenvalue weighted by atomic mass is 32.3. The van der Waals surface area contributed by atoms with E-state index in [-0.39, 0.29) is 18.9 Å². The molecule has 1 heterocycles. The molecule has 1 atom stereocenters. The average Bonchev–Trinajstić information content (AvgIpc) is 2.79. The van der Waals surface area contributed by atoms with E-state index in [2.05, 4.69) is 0 Å². The normalized spacial score (nSPS) is 19.4. The summed E-state index contributed by atoms with van der Waals surface area (Å²) in [6.07, 6.45) is -0.406. The summed E-state index contributed by atoms with van der Waals surface area (Å²) in [5.41, 5.74) is 0.317. The van der Waals surface area contributed by atoms with E-state index >= 15 is 0 Å². The lowest BCUT2D eigenvalue weighted by molar-refractivity contribution is -0.117. The third kappa shape index (κ3) is 3.06. The summed E-state index contributed by atoms with van der Waals surface area (Å²) in [4.78, 5) is 13.0. The molecule has 8 heteroatoms. The first-order chi connectivity index (χ1) is 9.43. The van der Waals surface area contributed by atoms with Gasteiger partial charge in [0.25, 0.3) is 0 Å². The van der Waals surface area contributed by atoms with Crippen molar-refractivity contribution in [2.24, 2.45) is 0 Å². The Morgan fingerprint density at radius 3 is 2.65 bits per heavy atom. The SMILES string of the molecule is O=C1CC(S(=O)(=O)F)CN1c1ccccc1OCCF. The number of hydrogen-bond acceptors (Lipinski definition) is 4. The van der Waals surface area contributed by atoms with Crippen LogP contribution in [0.4, 0.5) is 14.0 Å². The molecule has 5 nitrogen and oxygen atoms in total. The van der Waals surface area contributed by atoms with Gasteiger partial charge in [0.1, 0.15) is 24.3 Å². The van der Waals surface area contributed by atoms with Crippen molar-refractivity contribution in [3.63, 3.8) is 0 Å². The van der Waals surface area contributed by atoms with Crippen LogP contribution in [0.15, 0.2) is 24.3 Å². The van der Waals surface area contributed by atoms with Crippen molar-refractivity contribution in [3.05, 3.63) is 24.3 Å². The van der Waals surface area contributed by atoms with Crippen LogP contribution in [0.2, 0.25) is 0 Å². The highest BCUT2D eigenvalue weighted by molar-refractivity contribution is 7.87. The predicted octanol–water partition coefficient (Wildman–Crippen LogP) is 1.44. The second-order valence-electron chi connectivity index (χ2n) is 4.31. The molecule has 1 aromatic carbocycles. The zero-order chi connectivity index (χ0) is 14.8. The molecular weight excluding hydrogens is 292 g/mol. The number of anilines is 1. The maximum absolute atomic E-state index is 13.0.